The molecule has 2 aromatic heterocycles. The highest BCUT2D eigenvalue weighted by molar-refractivity contribution is 5.88. The van der Waals surface area contributed by atoms with Crippen LogP contribution in [-0.2, 0) is 10.9 Å². The van der Waals surface area contributed by atoms with Gasteiger partial charge in [0.1, 0.15) is 0 Å². The van der Waals surface area contributed by atoms with E-state index < -0.39 is 17.7 Å². The second kappa shape index (κ2) is 5.51. The molecule has 0 aromatic carbocycles. The lowest BCUT2D eigenvalue weighted by Gasteiger charge is -2.06. The fraction of sp³-hybridized carbons (Fsp3) is 0.333. The third-order valence-corrected chi connectivity index (χ3v) is 2.53. The highest BCUT2D eigenvalue weighted by Crippen LogP contribution is 2.28. The first kappa shape index (κ1) is 14.9. The number of hydrogen-bond donors (Lipinski definition) is 0. The van der Waals surface area contributed by atoms with Crippen molar-refractivity contribution in [2.24, 2.45) is 0 Å². The Balaban J connectivity index is 2.31. The smallest absolute Gasteiger partial charge is 0.417 e. The predicted octanol–water partition coefficient (Wildman–Crippen LogP) is 2.17. The summed E-state index contributed by atoms with van der Waals surface area (Å²) in [5, 5.41) is 7.81. The van der Waals surface area contributed by atoms with Crippen molar-refractivity contribution < 1.29 is 22.7 Å². The van der Waals surface area contributed by atoms with Crippen molar-refractivity contribution in [2.75, 3.05) is 6.61 Å². The molecular formula is C12H11F3N4O2. The Kier molecular flexibility index (Phi) is 3.92. The lowest BCUT2D eigenvalue weighted by molar-refractivity contribution is -0.137. The minimum atomic E-state index is -4.46. The zero-order valence-electron chi connectivity index (χ0n) is 11.2. The van der Waals surface area contributed by atoms with E-state index in [1.807, 2.05) is 0 Å². The summed E-state index contributed by atoms with van der Waals surface area (Å²) >= 11 is 0. The quantitative estimate of drug-likeness (QED) is 0.812. The molecule has 0 fully saturated rings. The Labute approximate surface area is 117 Å². The molecule has 0 aliphatic carbocycles. The molecule has 0 radical (unpaired) electrons. The Morgan fingerprint density at radius 2 is 2.05 bits per heavy atom. The third-order valence-electron chi connectivity index (χ3n) is 2.53. The molecule has 0 spiro atoms. The Bertz CT molecular complexity index is 650. The number of aromatic nitrogens is 4. The molecule has 2 aromatic rings. The van der Waals surface area contributed by atoms with Crippen LogP contribution in [0.3, 0.4) is 0 Å². The van der Waals surface area contributed by atoms with Gasteiger partial charge >= 0.3 is 12.1 Å². The van der Waals surface area contributed by atoms with Crippen LogP contribution in [0, 0.1) is 6.92 Å². The molecule has 2 heterocycles. The van der Waals surface area contributed by atoms with Crippen LogP contribution in [0.25, 0.3) is 5.82 Å². The van der Waals surface area contributed by atoms with Crippen LogP contribution in [0.2, 0.25) is 0 Å². The van der Waals surface area contributed by atoms with Gasteiger partial charge in [-0.1, -0.05) is 0 Å². The first-order chi connectivity index (χ1) is 9.82. The molecule has 0 saturated heterocycles. The Hall–Kier alpha value is -2.45. The standard InChI is InChI=1S/C12H11F3N4O2/c1-3-21-11(20)10-7(2)17-19(18-10)9-5-4-8(6-16-9)12(13,14)15/h4-6H,3H2,1-2H3. The van der Waals surface area contributed by atoms with E-state index in [0.717, 1.165) is 16.9 Å². The maximum absolute atomic E-state index is 12.4. The van der Waals surface area contributed by atoms with E-state index in [1.165, 1.54) is 0 Å². The minimum absolute atomic E-state index is 0.00134. The van der Waals surface area contributed by atoms with Crippen molar-refractivity contribution in [3.63, 3.8) is 0 Å². The maximum atomic E-state index is 12.4. The van der Waals surface area contributed by atoms with Gasteiger partial charge in [-0.2, -0.15) is 18.3 Å². The number of pyridine rings is 1. The summed E-state index contributed by atoms with van der Waals surface area (Å²) in [4.78, 5) is 16.2. The van der Waals surface area contributed by atoms with Crippen LogP contribution in [0.1, 0.15) is 28.7 Å². The SMILES string of the molecule is CCOC(=O)c1nn(-c2ccc(C(F)(F)F)cn2)nc1C. The number of carbonyl (C=O) groups excluding carboxylic acids is 1. The lowest BCUT2D eigenvalue weighted by atomic mass is 10.3. The summed E-state index contributed by atoms with van der Waals surface area (Å²) in [6.07, 6.45) is -3.78. The summed E-state index contributed by atoms with van der Waals surface area (Å²) in [6.45, 7) is 3.37. The Morgan fingerprint density at radius 3 is 2.57 bits per heavy atom. The lowest BCUT2D eigenvalue weighted by Crippen LogP contribution is -2.09. The van der Waals surface area contributed by atoms with Gasteiger partial charge in [-0.05, 0) is 26.0 Å². The second-order valence-electron chi connectivity index (χ2n) is 4.05. The van der Waals surface area contributed by atoms with Crippen LogP contribution in [-0.4, -0.2) is 32.6 Å². The first-order valence-corrected chi connectivity index (χ1v) is 5.97. The fourth-order valence-corrected chi connectivity index (χ4v) is 1.54. The van der Waals surface area contributed by atoms with E-state index in [0.29, 0.717) is 11.9 Å². The molecule has 0 saturated carbocycles. The van der Waals surface area contributed by atoms with Gasteiger partial charge in [0.15, 0.2) is 11.5 Å². The largest absolute Gasteiger partial charge is 0.461 e. The van der Waals surface area contributed by atoms with Gasteiger partial charge in [0.05, 0.1) is 17.9 Å². The molecule has 9 heteroatoms. The summed E-state index contributed by atoms with van der Waals surface area (Å²) in [5.74, 6) is -0.574. The first-order valence-electron chi connectivity index (χ1n) is 5.97. The summed E-state index contributed by atoms with van der Waals surface area (Å²) in [6, 6.07) is 1.99. The molecule has 0 atom stereocenters. The minimum Gasteiger partial charge on any atom is -0.461 e. The number of alkyl halides is 3. The molecule has 112 valence electrons. The van der Waals surface area contributed by atoms with E-state index in [-0.39, 0.29) is 18.1 Å². The van der Waals surface area contributed by atoms with E-state index in [4.69, 9.17) is 4.74 Å². The third kappa shape index (κ3) is 3.18. The molecule has 0 unspecified atom stereocenters. The Morgan fingerprint density at radius 1 is 1.33 bits per heavy atom. The van der Waals surface area contributed by atoms with Crippen LogP contribution in [0.4, 0.5) is 13.2 Å². The molecule has 0 aliphatic heterocycles. The highest BCUT2D eigenvalue weighted by Gasteiger charge is 2.30. The monoisotopic (exact) mass is 300 g/mol. The van der Waals surface area contributed by atoms with Gasteiger partial charge < -0.3 is 4.74 Å². The van der Waals surface area contributed by atoms with Crippen molar-refractivity contribution in [1.29, 1.82) is 0 Å². The van der Waals surface area contributed by atoms with E-state index in [2.05, 4.69) is 15.2 Å². The topological polar surface area (TPSA) is 69.9 Å². The van der Waals surface area contributed by atoms with Gasteiger partial charge in [0, 0.05) is 6.20 Å². The van der Waals surface area contributed by atoms with Crippen molar-refractivity contribution in [1.82, 2.24) is 20.0 Å². The van der Waals surface area contributed by atoms with Crippen molar-refractivity contribution in [2.45, 2.75) is 20.0 Å². The van der Waals surface area contributed by atoms with Gasteiger partial charge in [-0.3, -0.25) is 0 Å². The number of halogens is 3. The molecule has 0 bridgehead atoms. The van der Waals surface area contributed by atoms with Crippen LogP contribution in [0.5, 0.6) is 0 Å². The summed E-state index contributed by atoms with van der Waals surface area (Å²) in [5.41, 5.74) is -0.575. The number of nitrogens with zero attached hydrogens (tertiary/aromatic N) is 4. The van der Waals surface area contributed by atoms with E-state index in [1.54, 1.807) is 13.8 Å². The molecule has 6 nitrogen and oxygen atoms in total. The van der Waals surface area contributed by atoms with Crippen molar-refractivity contribution in [3.05, 3.63) is 35.3 Å². The molecule has 2 rings (SSSR count). The number of esters is 1. The second-order valence-corrected chi connectivity index (χ2v) is 4.05. The zero-order valence-corrected chi connectivity index (χ0v) is 11.2. The normalized spacial score (nSPS) is 11.5. The maximum Gasteiger partial charge on any atom is 0.417 e. The molecule has 21 heavy (non-hydrogen) atoms. The van der Waals surface area contributed by atoms with E-state index >= 15 is 0 Å². The van der Waals surface area contributed by atoms with Crippen molar-refractivity contribution >= 4 is 5.97 Å². The van der Waals surface area contributed by atoms with Crippen LogP contribution in [0.15, 0.2) is 18.3 Å². The van der Waals surface area contributed by atoms with Gasteiger partial charge in [-0.15, -0.1) is 9.90 Å². The fourth-order valence-electron chi connectivity index (χ4n) is 1.54. The average Bonchev–Trinajstić information content (AvgIpc) is 2.80. The van der Waals surface area contributed by atoms with E-state index in [9.17, 15) is 18.0 Å². The summed E-state index contributed by atoms with van der Waals surface area (Å²) in [7, 11) is 0. The number of hydrogen-bond acceptors (Lipinski definition) is 5. The highest BCUT2D eigenvalue weighted by atomic mass is 19.4. The van der Waals surface area contributed by atoms with Crippen LogP contribution < -0.4 is 0 Å². The van der Waals surface area contributed by atoms with Crippen LogP contribution >= 0.6 is 0 Å². The molecular weight excluding hydrogens is 289 g/mol. The predicted molar refractivity (Wildman–Crippen MR) is 64.8 cm³/mol. The van der Waals surface area contributed by atoms with Crippen molar-refractivity contribution in [3.8, 4) is 5.82 Å². The number of ether oxygens (including phenoxy) is 1. The van der Waals surface area contributed by atoms with Gasteiger partial charge in [-0.25, -0.2) is 9.78 Å². The van der Waals surface area contributed by atoms with Gasteiger partial charge in [0.25, 0.3) is 0 Å². The average molecular weight is 300 g/mol. The number of rotatable bonds is 3. The number of aryl methyl sites for hydroxylation is 1. The molecule has 0 amide bonds. The zero-order chi connectivity index (χ0) is 15.6. The summed E-state index contributed by atoms with van der Waals surface area (Å²) < 4.78 is 42.1. The van der Waals surface area contributed by atoms with Gasteiger partial charge in [0.2, 0.25) is 0 Å². The molecule has 0 aliphatic rings. The molecule has 0 N–H and O–H groups in total. The number of carbonyl (C=O) groups is 1.